The summed E-state index contributed by atoms with van der Waals surface area (Å²) >= 11 is 0. The van der Waals surface area contributed by atoms with E-state index in [2.05, 4.69) is 4.74 Å². The van der Waals surface area contributed by atoms with Gasteiger partial charge >= 0.3 is 21.1 Å². The van der Waals surface area contributed by atoms with E-state index in [1.807, 2.05) is 0 Å². The quantitative estimate of drug-likeness (QED) is 0.433. The average molecular weight is 496 g/mol. The maximum atomic E-state index is 10.6. The van der Waals surface area contributed by atoms with Gasteiger partial charge in [0.05, 0.1) is 11.9 Å². The van der Waals surface area contributed by atoms with Gasteiger partial charge in [-0.3, -0.25) is 4.79 Å². The maximum Gasteiger partial charge on any atom is 4.00 e. The second-order valence-corrected chi connectivity index (χ2v) is 4.57. The molecule has 3 N–H and O–H groups in total. The van der Waals surface area contributed by atoms with Crippen molar-refractivity contribution in [2.45, 2.75) is 43.8 Å². The minimum absolute atomic E-state index is 0. The smallest absolute Gasteiger partial charge is 0.676 e. The summed E-state index contributed by atoms with van der Waals surface area (Å²) in [7, 11) is 1.20. The van der Waals surface area contributed by atoms with Crippen molar-refractivity contribution in [1.82, 2.24) is 5.32 Å². The standard InChI is InChI=1S/C6H12N2.C6H9NO6.Pt/c7-5-3-1-2-4-6(5)8;1-13-2-3(8)7-4(5(9)10)6(11)12;/h5-8H,1-4H2;4H,2H2,1H3,(H,7,8)(H,9,10)(H,11,12);/q-2;;+4/p-2/t5-,6-;;/m1../s1. The van der Waals surface area contributed by atoms with E-state index in [1.54, 1.807) is 5.32 Å². The number of ether oxygens (including phenoxy) is 1. The van der Waals surface area contributed by atoms with E-state index < -0.39 is 30.5 Å². The monoisotopic (exact) mass is 496 g/mol. The third-order valence-corrected chi connectivity index (χ3v) is 2.82. The van der Waals surface area contributed by atoms with Gasteiger partial charge in [-0.25, -0.2) is 0 Å². The first-order valence-electron chi connectivity index (χ1n) is 6.41. The summed E-state index contributed by atoms with van der Waals surface area (Å²) < 4.78 is 4.33. The van der Waals surface area contributed by atoms with Crippen molar-refractivity contribution in [1.29, 1.82) is 0 Å². The van der Waals surface area contributed by atoms with Crippen LogP contribution in [0.25, 0.3) is 11.5 Å². The van der Waals surface area contributed by atoms with Gasteiger partial charge in [-0.15, -0.1) is 0 Å². The molecule has 1 aliphatic rings. The van der Waals surface area contributed by atoms with Gasteiger partial charge in [0.15, 0.2) is 0 Å². The van der Waals surface area contributed by atoms with Crippen LogP contribution < -0.4 is 15.5 Å². The van der Waals surface area contributed by atoms with Crippen molar-refractivity contribution in [3.05, 3.63) is 11.5 Å². The van der Waals surface area contributed by atoms with E-state index in [1.165, 1.54) is 20.0 Å². The Labute approximate surface area is 143 Å². The van der Waals surface area contributed by atoms with Gasteiger partial charge in [0.1, 0.15) is 12.6 Å². The van der Waals surface area contributed by atoms with Crippen LogP contribution in [-0.2, 0) is 40.2 Å². The van der Waals surface area contributed by atoms with E-state index in [0.717, 1.165) is 12.8 Å². The number of methoxy groups -OCH3 is 1. The van der Waals surface area contributed by atoms with Crippen LogP contribution in [0.2, 0.25) is 0 Å². The van der Waals surface area contributed by atoms with E-state index in [4.69, 9.17) is 11.5 Å². The van der Waals surface area contributed by atoms with E-state index >= 15 is 0 Å². The molecule has 0 aromatic rings. The summed E-state index contributed by atoms with van der Waals surface area (Å²) in [6.45, 7) is -0.433. The summed E-state index contributed by atoms with van der Waals surface area (Å²) in [4.78, 5) is 30.8. The van der Waals surface area contributed by atoms with E-state index in [-0.39, 0.29) is 33.1 Å². The number of carboxylic acid groups (broad SMARTS) is 2. The number of hydrogen-bond donors (Lipinski definition) is 1. The number of amides is 1. The largest absolute Gasteiger partial charge is 4.00 e. The predicted octanol–water partition coefficient (Wildman–Crippen LogP) is -1.98. The number of nitrogens with one attached hydrogen (secondary N) is 3. The Morgan fingerprint density at radius 3 is 1.82 bits per heavy atom. The topological polar surface area (TPSA) is 166 Å². The zero-order valence-corrected chi connectivity index (χ0v) is 14.3. The van der Waals surface area contributed by atoms with Crippen molar-refractivity contribution >= 4 is 17.8 Å². The summed E-state index contributed by atoms with van der Waals surface area (Å²) in [5.41, 5.74) is 14.6. The molecule has 1 saturated carbocycles. The molecule has 2 atom stereocenters. The Bertz CT molecular complexity index is 345. The van der Waals surface area contributed by atoms with E-state index in [0.29, 0.717) is 0 Å². The first kappa shape index (κ1) is 23.2. The fraction of sp³-hybridized carbons (Fsp3) is 0.750. The van der Waals surface area contributed by atoms with Crippen LogP contribution in [0.1, 0.15) is 25.7 Å². The molecule has 0 aliphatic heterocycles. The van der Waals surface area contributed by atoms with Crippen LogP contribution in [0.3, 0.4) is 0 Å². The Kier molecular flexibility index (Phi) is 13.2. The van der Waals surface area contributed by atoms with Crippen LogP contribution in [0.15, 0.2) is 0 Å². The van der Waals surface area contributed by atoms with Crippen LogP contribution in [-0.4, -0.2) is 49.7 Å². The number of carboxylic acids is 2. The number of carbonyl (C=O) groups is 3. The first-order chi connectivity index (χ1) is 9.79. The molecule has 1 amide bonds. The van der Waals surface area contributed by atoms with Gasteiger partial charge in [0.2, 0.25) is 5.91 Å². The molecule has 10 heteroatoms. The van der Waals surface area contributed by atoms with Crippen LogP contribution in [0, 0.1) is 0 Å². The molecule has 128 valence electrons. The SMILES string of the molecule is COCC(=O)NC(C(=O)[O-])C(=O)[O-].[NH-][C@@H]1CCCC[C@H]1[NH-].[Pt+4]. The summed E-state index contributed by atoms with van der Waals surface area (Å²) in [6.07, 6.45) is 4.25. The second kappa shape index (κ2) is 12.5. The van der Waals surface area contributed by atoms with Crippen LogP contribution in [0.5, 0.6) is 0 Å². The zero-order chi connectivity index (χ0) is 16.4. The average Bonchev–Trinajstić information content (AvgIpc) is 2.40. The Hall–Kier alpha value is -1.02. The molecule has 22 heavy (non-hydrogen) atoms. The van der Waals surface area contributed by atoms with E-state index in [9.17, 15) is 24.6 Å². The Balaban J connectivity index is 0. The minimum atomic E-state index is -2.15. The van der Waals surface area contributed by atoms with Gasteiger partial charge in [0.25, 0.3) is 0 Å². The molecular weight excluding hydrogens is 477 g/mol. The molecule has 0 heterocycles. The maximum absolute atomic E-state index is 10.6. The van der Waals surface area contributed by atoms with Gasteiger partial charge in [0, 0.05) is 7.11 Å². The van der Waals surface area contributed by atoms with Crippen molar-refractivity contribution < 1.29 is 50.4 Å². The normalized spacial score (nSPS) is 20.2. The molecule has 0 radical (unpaired) electrons. The minimum Gasteiger partial charge on any atom is -0.676 e. The Morgan fingerprint density at radius 2 is 1.55 bits per heavy atom. The molecule has 0 saturated heterocycles. The summed E-state index contributed by atoms with van der Waals surface area (Å²) in [5.74, 6) is -4.75. The molecule has 0 bridgehead atoms. The number of rotatable bonds is 5. The predicted molar refractivity (Wildman–Crippen MR) is 68.5 cm³/mol. The molecule has 1 rings (SSSR count). The molecule has 9 nitrogen and oxygen atoms in total. The van der Waals surface area contributed by atoms with Crippen LogP contribution in [0.4, 0.5) is 0 Å². The molecule has 1 aliphatic carbocycles. The molecule has 0 unspecified atom stereocenters. The van der Waals surface area contributed by atoms with Crippen LogP contribution >= 0.6 is 0 Å². The number of carbonyl (C=O) groups excluding carboxylic acids is 3. The molecule has 0 spiro atoms. The van der Waals surface area contributed by atoms with Gasteiger partial charge in [-0.05, 0) is 0 Å². The molecule has 1 fully saturated rings. The fourth-order valence-corrected chi connectivity index (χ4v) is 1.68. The Morgan fingerprint density at radius 1 is 1.14 bits per heavy atom. The fourth-order valence-electron chi connectivity index (χ4n) is 1.68. The first-order valence-corrected chi connectivity index (χ1v) is 6.41. The summed E-state index contributed by atoms with van der Waals surface area (Å²) in [6, 6.07) is -2.31. The van der Waals surface area contributed by atoms with Crippen molar-refractivity contribution in [3.63, 3.8) is 0 Å². The van der Waals surface area contributed by atoms with Gasteiger partial charge in [-0.2, -0.15) is 12.1 Å². The van der Waals surface area contributed by atoms with Gasteiger partial charge < -0.3 is 41.3 Å². The molecular formula is C12H19N3O6Pt. The van der Waals surface area contributed by atoms with Crippen molar-refractivity contribution in [2.24, 2.45) is 0 Å². The number of aliphatic carboxylic acids is 2. The number of hydrogen-bond acceptors (Lipinski definition) is 6. The zero-order valence-electron chi connectivity index (χ0n) is 12.0. The molecule has 0 aromatic heterocycles. The second-order valence-electron chi connectivity index (χ2n) is 4.57. The third-order valence-electron chi connectivity index (χ3n) is 2.82. The third kappa shape index (κ3) is 9.83. The summed E-state index contributed by atoms with van der Waals surface area (Å²) in [5, 5.41) is 21.8. The van der Waals surface area contributed by atoms with Crippen molar-refractivity contribution in [3.8, 4) is 0 Å². The van der Waals surface area contributed by atoms with Gasteiger partial charge in [-0.1, -0.05) is 25.7 Å². The van der Waals surface area contributed by atoms with Crippen molar-refractivity contribution in [2.75, 3.05) is 13.7 Å². The molecule has 0 aromatic carbocycles.